The minimum absolute atomic E-state index is 0.00334. The van der Waals surface area contributed by atoms with Crippen molar-refractivity contribution >= 4 is 12.0 Å². The lowest BCUT2D eigenvalue weighted by Gasteiger charge is -2.37. The van der Waals surface area contributed by atoms with Crippen molar-refractivity contribution in [1.82, 2.24) is 10.2 Å². The fourth-order valence-corrected chi connectivity index (χ4v) is 3.72. The van der Waals surface area contributed by atoms with Gasteiger partial charge in [-0.25, -0.2) is 4.79 Å². The molecule has 120 valence electrons. The predicted octanol–water partition coefficient (Wildman–Crippen LogP) is 2.71. The maximum Gasteiger partial charge on any atom is 0.317 e. The molecule has 0 bridgehead atoms. The molecule has 1 heterocycles. The second kappa shape index (κ2) is 7.14. The first kappa shape index (κ1) is 16.1. The number of amides is 2. The summed E-state index contributed by atoms with van der Waals surface area (Å²) in [5.41, 5.74) is 0. The minimum Gasteiger partial charge on any atom is -0.481 e. The number of aliphatic carboxylic acids is 1. The number of hydrogen-bond donors (Lipinski definition) is 2. The van der Waals surface area contributed by atoms with Gasteiger partial charge in [0.2, 0.25) is 0 Å². The van der Waals surface area contributed by atoms with Crippen molar-refractivity contribution in [2.75, 3.05) is 13.1 Å². The quantitative estimate of drug-likeness (QED) is 0.841. The van der Waals surface area contributed by atoms with Crippen molar-refractivity contribution < 1.29 is 14.7 Å². The van der Waals surface area contributed by atoms with Gasteiger partial charge < -0.3 is 15.3 Å². The molecule has 1 aliphatic carbocycles. The maximum atomic E-state index is 12.4. The van der Waals surface area contributed by atoms with Crippen LogP contribution in [0.5, 0.6) is 0 Å². The molecule has 2 unspecified atom stereocenters. The molecule has 2 atom stereocenters. The Morgan fingerprint density at radius 2 is 1.71 bits per heavy atom. The van der Waals surface area contributed by atoms with Gasteiger partial charge in [-0.3, -0.25) is 4.79 Å². The second-order valence-corrected chi connectivity index (χ2v) is 6.85. The van der Waals surface area contributed by atoms with Gasteiger partial charge >= 0.3 is 12.0 Å². The Bertz CT molecular complexity index is 376. The van der Waals surface area contributed by atoms with Gasteiger partial charge in [0.15, 0.2) is 0 Å². The van der Waals surface area contributed by atoms with Crippen molar-refractivity contribution in [2.45, 2.75) is 58.4 Å². The zero-order valence-electron chi connectivity index (χ0n) is 13.2. The number of nitrogens with one attached hydrogen (secondary N) is 1. The van der Waals surface area contributed by atoms with E-state index in [1.54, 1.807) is 4.90 Å². The van der Waals surface area contributed by atoms with E-state index in [1.165, 1.54) is 19.3 Å². The average Bonchev–Trinajstić information content (AvgIpc) is 2.47. The predicted molar refractivity (Wildman–Crippen MR) is 81.0 cm³/mol. The van der Waals surface area contributed by atoms with E-state index in [0.29, 0.717) is 37.8 Å². The minimum atomic E-state index is -0.734. The number of piperidine rings is 1. The first-order valence-corrected chi connectivity index (χ1v) is 8.27. The Hall–Kier alpha value is -1.26. The molecule has 5 nitrogen and oxygen atoms in total. The lowest BCUT2D eigenvalue weighted by atomic mass is 9.78. The van der Waals surface area contributed by atoms with Crippen LogP contribution in [0.15, 0.2) is 0 Å². The lowest BCUT2D eigenvalue weighted by Crippen LogP contribution is -2.51. The molecule has 2 aliphatic rings. The van der Waals surface area contributed by atoms with Crippen LogP contribution < -0.4 is 5.32 Å². The van der Waals surface area contributed by atoms with Crippen LogP contribution in [0.3, 0.4) is 0 Å². The molecule has 0 aromatic rings. The first-order valence-electron chi connectivity index (χ1n) is 8.27. The highest BCUT2D eigenvalue weighted by molar-refractivity contribution is 5.75. The summed E-state index contributed by atoms with van der Waals surface area (Å²) < 4.78 is 0. The van der Waals surface area contributed by atoms with Gasteiger partial charge in [-0.05, 0) is 37.5 Å². The van der Waals surface area contributed by atoms with Crippen LogP contribution in [0, 0.1) is 17.8 Å². The first-order chi connectivity index (χ1) is 9.99. The van der Waals surface area contributed by atoms with Crippen molar-refractivity contribution in [2.24, 2.45) is 17.8 Å². The van der Waals surface area contributed by atoms with Crippen LogP contribution in [-0.4, -0.2) is 41.1 Å². The maximum absolute atomic E-state index is 12.4. The molecule has 5 heteroatoms. The smallest absolute Gasteiger partial charge is 0.317 e. The third-order valence-electron chi connectivity index (χ3n) is 5.12. The molecule has 2 rings (SSSR count). The van der Waals surface area contributed by atoms with Gasteiger partial charge in [-0.1, -0.05) is 26.7 Å². The summed E-state index contributed by atoms with van der Waals surface area (Å²) >= 11 is 0. The van der Waals surface area contributed by atoms with Crippen LogP contribution in [0.25, 0.3) is 0 Å². The van der Waals surface area contributed by atoms with Crippen molar-refractivity contribution in [3.8, 4) is 0 Å². The molecule has 1 saturated heterocycles. The molecule has 2 fully saturated rings. The summed E-state index contributed by atoms with van der Waals surface area (Å²) in [6.45, 7) is 5.57. The molecular formula is C16H28N2O3. The van der Waals surface area contributed by atoms with E-state index in [9.17, 15) is 9.59 Å². The van der Waals surface area contributed by atoms with Gasteiger partial charge in [0.1, 0.15) is 0 Å². The Morgan fingerprint density at radius 3 is 2.29 bits per heavy atom. The van der Waals surface area contributed by atoms with E-state index in [4.69, 9.17) is 5.11 Å². The Labute approximate surface area is 127 Å². The molecule has 2 N–H and O–H groups in total. The molecule has 0 aromatic carbocycles. The summed E-state index contributed by atoms with van der Waals surface area (Å²) in [6.07, 6.45) is 5.86. The summed E-state index contributed by atoms with van der Waals surface area (Å²) in [4.78, 5) is 25.1. The van der Waals surface area contributed by atoms with Crippen LogP contribution in [0.4, 0.5) is 4.79 Å². The Kier molecular flexibility index (Phi) is 5.48. The van der Waals surface area contributed by atoms with E-state index in [1.807, 2.05) is 0 Å². The molecule has 0 spiro atoms. The lowest BCUT2D eigenvalue weighted by molar-refractivity contribution is -0.143. The van der Waals surface area contributed by atoms with E-state index in [2.05, 4.69) is 19.2 Å². The molecule has 0 radical (unpaired) electrons. The van der Waals surface area contributed by atoms with E-state index >= 15 is 0 Å². The van der Waals surface area contributed by atoms with Crippen LogP contribution in [-0.2, 0) is 4.79 Å². The monoisotopic (exact) mass is 296 g/mol. The fraction of sp³-hybridized carbons (Fsp3) is 0.875. The van der Waals surface area contributed by atoms with Crippen molar-refractivity contribution in [3.63, 3.8) is 0 Å². The average molecular weight is 296 g/mol. The zero-order chi connectivity index (χ0) is 15.4. The van der Waals surface area contributed by atoms with Crippen LogP contribution in [0.1, 0.15) is 52.4 Å². The Morgan fingerprint density at radius 1 is 1.10 bits per heavy atom. The molecule has 0 aromatic heterocycles. The van der Waals surface area contributed by atoms with Crippen molar-refractivity contribution in [3.05, 3.63) is 0 Å². The number of hydrogen-bond acceptors (Lipinski definition) is 2. The molecule has 21 heavy (non-hydrogen) atoms. The molecule has 2 amide bonds. The molecular weight excluding hydrogens is 268 g/mol. The fourth-order valence-electron chi connectivity index (χ4n) is 3.72. The number of carbonyl (C=O) groups is 2. The van der Waals surface area contributed by atoms with Gasteiger partial charge in [-0.15, -0.1) is 0 Å². The number of carboxylic acids is 1. The Balaban J connectivity index is 1.85. The number of carboxylic acid groups (broad SMARTS) is 1. The van der Waals surface area contributed by atoms with Gasteiger partial charge in [0.05, 0.1) is 5.92 Å². The molecule has 1 aliphatic heterocycles. The molecule has 1 saturated carbocycles. The normalized spacial score (nSPS) is 27.7. The summed E-state index contributed by atoms with van der Waals surface area (Å²) in [5.74, 6) is 0.141. The van der Waals surface area contributed by atoms with Crippen LogP contribution >= 0.6 is 0 Å². The topological polar surface area (TPSA) is 69.6 Å². The van der Waals surface area contributed by atoms with E-state index in [-0.39, 0.29) is 18.0 Å². The largest absolute Gasteiger partial charge is 0.481 e. The van der Waals surface area contributed by atoms with Crippen molar-refractivity contribution in [1.29, 1.82) is 0 Å². The number of likely N-dealkylation sites (tertiary alicyclic amines) is 1. The van der Waals surface area contributed by atoms with E-state index in [0.717, 1.165) is 6.42 Å². The third kappa shape index (κ3) is 4.11. The highest BCUT2D eigenvalue weighted by Gasteiger charge is 2.32. The zero-order valence-corrected chi connectivity index (χ0v) is 13.2. The van der Waals surface area contributed by atoms with Gasteiger partial charge in [-0.2, -0.15) is 0 Å². The summed E-state index contributed by atoms with van der Waals surface area (Å²) in [6, 6.07) is 0.278. The third-order valence-corrected chi connectivity index (χ3v) is 5.12. The van der Waals surface area contributed by atoms with Gasteiger partial charge in [0, 0.05) is 19.1 Å². The van der Waals surface area contributed by atoms with E-state index < -0.39 is 5.97 Å². The summed E-state index contributed by atoms with van der Waals surface area (Å²) in [5, 5.41) is 12.2. The number of carbonyl (C=O) groups excluding carboxylic acids is 1. The number of urea groups is 1. The summed E-state index contributed by atoms with van der Waals surface area (Å²) in [7, 11) is 0. The van der Waals surface area contributed by atoms with Crippen LogP contribution in [0.2, 0.25) is 0 Å². The SMILES string of the molecule is CC(C)C1CCCCC1NC(=O)N1CCC(C(=O)O)CC1. The number of rotatable bonds is 3. The highest BCUT2D eigenvalue weighted by Crippen LogP contribution is 2.30. The number of nitrogens with zero attached hydrogens (tertiary/aromatic N) is 1. The van der Waals surface area contributed by atoms with Gasteiger partial charge in [0.25, 0.3) is 0 Å². The standard InChI is InChI=1S/C16H28N2O3/c1-11(2)13-5-3-4-6-14(13)17-16(21)18-9-7-12(8-10-18)15(19)20/h11-14H,3-10H2,1-2H3,(H,17,21)(H,19,20). The highest BCUT2D eigenvalue weighted by atomic mass is 16.4. The second-order valence-electron chi connectivity index (χ2n) is 6.85.